The highest BCUT2D eigenvalue weighted by atomic mass is 32.1. The number of carbonyl (C=O) groups is 1. The molecule has 13 heavy (non-hydrogen) atoms. The summed E-state index contributed by atoms with van der Waals surface area (Å²) in [4.78, 5) is 18.5. The predicted molar refractivity (Wildman–Crippen MR) is 49.1 cm³/mol. The van der Waals surface area contributed by atoms with Crippen LogP contribution in [0.5, 0.6) is 0 Å². The summed E-state index contributed by atoms with van der Waals surface area (Å²) >= 11 is 1.47. The van der Waals surface area contributed by atoms with E-state index in [1.165, 1.54) is 17.5 Å². The van der Waals surface area contributed by atoms with Gasteiger partial charge in [-0.3, -0.25) is 0 Å². The van der Waals surface area contributed by atoms with Crippen molar-refractivity contribution in [3.05, 3.63) is 23.0 Å². The van der Waals surface area contributed by atoms with Crippen LogP contribution < -0.4 is 0 Å². The molecule has 2 rings (SSSR count). The molecule has 0 fully saturated rings. The van der Waals surface area contributed by atoms with E-state index < -0.39 is 5.97 Å². The molecule has 0 radical (unpaired) electrons. The number of carboxylic acid groups (broad SMARTS) is 1. The molecule has 1 N–H and O–H groups in total. The molecule has 0 spiro atoms. The lowest BCUT2D eigenvalue weighted by Gasteiger charge is -1.90. The minimum Gasteiger partial charge on any atom is -0.477 e. The summed E-state index contributed by atoms with van der Waals surface area (Å²) in [6.45, 7) is 1.88. The van der Waals surface area contributed by atoms with Gasteiger partial charge in [-0.1, -0.05) is 0 Å². The van der Waals surface area contributed by atoms with Crippen LogP contribution >= 0.6 is 11.3 Å². The first-order valence-corrected chi connectivity index (χ1v) is 4.45. The number of carboxylic acids is 1. The average molecular weight is 194 g/mol. The van der Waals surface area contributed by atoms with Gasteiger partial charge >= 0.3 is 5.97 Å². The lowest BCUT2D eigenvalue weighted by atomic mass is 10.3. The zero-order valence-electron chi connectivity index (χ0n) is 6.81. The molecule has 0 saturated carbocycles. The number of aromatic carboxylic acids is 1. The van der Waals surface area contributed by atoms with Gasteiger partial charge in [0.2, 0.25) is 0 Å². The largest absolute Gasteiger partial charge is 0.477 e. The van der Waals surface area contributed by atoms with Gasteiger partial charge in [0.05, 0.1) is 21.4 Å². The van der Waals surface area contributed by atoms with Crippen LogP contribution in [0.1, 0.15) is 15.5 Å². The Morgan fingerprint density at radius 1 is 1.62 bits per heavy atom. The van der Waals surface area contributed by atoms with Crippen LogP contribution in [0, 0.1) is 6.92 Å². The molecule has 4 nitrogen and oxygen atoms in total. The highest BCUT2D eigenvalue weighted by molar-refractivity contribution is 7.18. The molecule has 0 aliphatic heterocycles. The van der Waals surface area contributed by atoms with Gasteiger partial charge in [0.25, 0.3) is 0 Å². The number of aromatic nitrogens is 2. The van der Waals surface area contributed by atoms with Gasteiger partial charge in [-0.25, -0.2) is 14.8 Å². The van der Waals surface area contributed by atoms with E-state index in [1.54, 1.807) is 6.07 Å². The molecular weight excluding hydrogens is 188 g/mol. The molecule has 0 saturated heterocycles. The van der Waals surface area contributed by atoms with E-state index in [4.69, 9.17) is 5.11 Å². The number of hydrogen-bond acceptors (Lipinski definition) is 4. The predicted octanol–water partition coefficient (Wildman–Crippen LogP) is 1.70. The molecule has 2 aromatic heterocycles. The maximum Gasteiger partial charge on any atom is 0.354 e. The Hall–Kier alpha value is -1.49. The zero-order valence-corrected chi connectivity index (χ0v) is 7.63. The van der Waals surface area contributed by atoms with Crippen LogP contribution in [-0.4, -0.2) is 21.0 Å². The molecule has 5 heteroatoms. The first-order chi connectivity index (χ1) is 6.16. The van der Waals surface area contributed by atoms with E-state index in [2.05, 4.69) is 9.97 Å². The summed E-state index contributed by atoms with van der Waals surface area (Å²) in [5, 5.41) is 9.59. The number of aryl methyl sites for hydroxylation is 1. The molecule has 66 valence electrons. The maximum absolute atomic E-state index is 10.6. The van der Waals surface area contributed by atoms with Gasteiger partial charge in [0, 0.05) is 0 Å². The number of hydrogen-bond donors (Lipinski definition) is 1. The fourth-order valence-electron chi connectivity index (χ4n) is 1.06. The van der Waals surface area contributed by atoms with Crippen molar-refractivity contribution in [3.8, 4) is 0 Å². The Bertz CT molecular complexity index is 478. The quantitative estimate of drug-likeness (QED) is 0.750. The van der Waals surface area contributed by atoms with E-state index in [0.29, 0.717) is 0 Å². The normalized spacial score (nSPS) is 10.5. The van der Waals surface area contributed by atoms with Gasteiger partial charge in [-0.15, -0.1) is 11.3 Å². The number of thiazole rings is 1. The third kappa shape index (κ3) is 1.38. The van der Waals surface area contributed by atoms with E-state index in [9.17, 15) is 4.79 Å². The van der Waals surface area contributed by atoms with Crippen molar-refractivity contribution in [2.45, 2.75) is 6.92 Å². The van der Waals surface area contributed by atoms with Gasteiger partial charge in [-0.2, -0.15) is 0 Å². The Kier molecular flexibility index (Phi) is 1.73. The molecule has 0 bridgehead atoms. The summed E-state index contributed by atoms with van der Waals surface area (Å²) in [5.41, 5.74) is 0.823. The van der Waals surface area contributed by atoms with Crippen LogP contribution in [0.4, 0.5) is 0 Å². The van der Waals surface area contributed by atoms with E-state index in [1.807, 2.05) is 6.92 Å². The van der Waals surface area contributed by atoms with Crippen LogP contribution in [0.25, 0.3) is 10.2 Å². The van der Waals surface area contributed by atoms with E-state index >= 15 is 0 Å². The molecule has 2 aromatic rings. The number of pyridine rings is 1. The molecule has 0 atom stereocenters. The Balaban J connectivity index is 2.67. The van der Waals surface area contributed by atoms with Gasteiger partial charge < -0.3 is 5.11 Å². The monoisotopic (exact) mass is 194 g/mol. The summed E-state index contributed by atoms with van der Waals surface area (Å²) in [6, 6.07) is 1.54. The fourth-order valence-corrected chi connectivity index (χ4v) is 1.90. The van der Waals surface area contributed by atoms with Crippen molar-refractivity contribution in [1.82, 2.24) is 9.97 Å². The fraction of sp³-hybridized carbons (Fsp3) is 0.125. The van der Waals surface area contributed by atoms with Crippen molar-refractivity contribution >= 4 is 27.5 Å². The minimum atomic E-state index is -1.01. The van der Waals surface area contributed by atoms with E-state index in [0.717, 1.165) is 15.2 Å². The Morgan fingerprint density at radius 2 is 2.38 bits per heavy atom. The second-order valence-corrected chi connectivity index (χ2v) is 3.81. The summed E-state index contributed by atoms with van der Waals surface area (Å²) in [6.07, 6.45) is 1.49. The van der Waals surface area contributed by atoms with Crippen LogP contribution in [0.15, 0.2) is 12.3 Å². The van der Waals surface area contributed by atoms with E-state index in [-0.39, 0.29) is 5.69 Å². The summed E-state index contributed by atoms with van der Waals surface area (Å²) < 4.78 is 0.866. The standard InChI is InChI=1S/C8H6N2O2S/c1-4-10-6-3-9-5(8(11)12)2-7(6)13-4/h2-3H,1H3,(H,11,12). The van der Waals surface area contributed by atoms with Gasteiger partial charge in [0.1, 0.15) is 5.69 Å². The molecule has 0 aliphatic carbocycles. The summed E-state index contributed by atoms with van der Waals surface area (Å²) in [7, 11) is 0. The molecule has 0 aliphatic rings. The first-order valence-electron chi connectivity index (χ1n) is 3.63. The Labute approximate surface area is 77.9 Å². The topological polar surface area (TPSA) is 63.1 Å². The highest BCUT2D eigenvalue weighted by Gasteiger charge is 2.07. The lowest BCUT2D eigenvalue weighted by Crippen LogP contribution is -1.98. The number of fused-ring (bicyclic) bond motifs is 1. The maximum atomic E-state index is 10.6. The van der Waals surface area contributed by atoms with Crippen LogP contribution in [0.2, 0.25) is 0 Å². The Morgan fingerprint density at radius 3 is 3.08 bits per heavy atom. The first kappa shape index (κ1) is 8.12. The van der Waals surface area contributed by atoms with Crippen molar-refractivity contribution in [2.24, 2.45) is 0 Å². The lowest BCUT2D eigenvalue weighted by molar-refractivity contribution is 0.0691. The second kappa shape index (κ2) is 2.77. The SMILES string of the molecule is Cc1nc2cnc(C(=O)O)cc2s1. The van der Waals surface area contributed by atoms with Crippen molar-refractivity contribution in [3.63, 3.8) is 0 Å². The molecule has 0 amide bonds. The zero-order chi connectivity index (χ0) is 9.42. The second-order valence-electron chi connectivity index (χ2n) is 2.58. The van der Waals surface area contributed by atoms with Gasteiger partial charge in [0.15, 0.2) is 0 Å². The number of nitrogens with zero attached hydrogens (tertiary/aromatic N) is 2. The van der Waals surface area contributed by atoms with Gasteiger partial charge in [-0.05, 0) is 13.0 Å². The highest BCUT2D eigenvalue weighted by Crippen LogP contribution is 2.20. The molecule has 0 unspecified atom stereocenters. The van der Waals surface area contributed by atoms with Crippen LogP contribution in [-0.2, 0) is 0 Å². The molecular formula is C8H6N2O2S. The van der Waals surface area contributed by atoms with Crippen molar-refractivity contribution in [1.29, 1.82) is 0 Å². The van der Waals surface area contributed by atoms with Crippen molar-refractivity contribution < 1.29 is 9.90 Å². The third-order valence-corrected chi connectivity index (χ3v) is 2.53. The smallest absolute Gasteiger partial charge is 0.354 e. The third-order valence-electron chi connectivity index (χ3n) is 1.60. The molecule has 0 aromatic carbocycles. The number of rotatable bonds is 1. The van der Waals surface area contributed by atoms with Crippen molar-refractivity contribution in [2.75, 3.05) is 0 Å². The average Bonchev–Trinajstić information content (AvgIpc) is 2.42. The minimum absolute atomic E-state index is 0.0659. The van der Waals surface area contributed by atoms with Crippen LogP contribution in [0.3, 0.4) is 0 Å². The summed E-state index contributed by atoms with van der Waals surface area (Å²) in [5.74, 6) is -1.01. The molecule has 2 heterocycles.